The molecule has 0 aliphatic heterocycles. The molecule has 0 bridgehead atoms. The summed E-state index contributed by atoms with van der Waals surface area (Å²) >= 11 is 13.0. The molecule has 4 aromatic rings. The fourth-order valence-corrected chi connectivity index (χ4v) is 4.21. The zero-order chi connectivity index (χ0) is 20.2. The second kappa shape index (κ2) is 8.09. The first kappa shape index (κ1) is 22.4. The fourth-order valence-electron chi connectivity index (χ4n) is 3.71. The summed E-state index contributed by atoms with van der Waals surface area (Å²) in [4.78, 5) is 8.22. The van der Waals surface area contributed by atoms with E-state index in [2.05, 4.69) is 32.7 Å². The van der Waals surface area contributed by atoms with E-state index in [1.54, 1.807) is 0 Å². The van der Waals surface area contributed by atoms with Gasteiger partial charge in [-0.05, 0) is 30.7 Å². The first-order valence-corrected chi connectivity index (χ1v) is 9.91. The molecule has 0 aliphatic carbocycles. The number of H-pyrrole nitrogens is 1. The maximum absolute atomic E-state index is 6.59. The minimum atomic E-state index is -0.0407. The maximum atomic E-state index is 6.59. The Morgan fingerprint density at radius 1 is 1.03 bits per heavy atom. The molecule has 29 heavy (non-hydrogen) atoms. The number of rotatable bonds is 2. The van der Waals surface area contributed by atoms with Crippen molar-refractivity contribution in [2.45, 2.75) is 33.1 Å². The predicted molar refractivity (Wildman–Crippen MR) is 124 cm³/mol. The molecule has 0 amide bonds. The molecule has 2 heterocycles. The van der Waals surface area contributed by atoms with Crippen LogP contribution in [0.4, 0.5) is 0 Å². The van der Waals surface area contributed by atoms with E-state index in [1.165, 1.54) is 0 Å². The quantitative estimate of drug-likeness (QED) is 0.397. The van der Waals surface area contributed by atoms with Gasteiger partial charge in [-0.3, -0.25) is 4.68 Å². The number of nitrogens with zero attached hydrogens (tertiary/aromatic N) is 3. The Kier molecular flexibility index (Phi) is 6.24. The number of hydrogen-bond acceptors (Lipinski definition) is 2. The van der Waals surface area contributed by atoms with Crippen LogP contribution in [-0.4, -0.2) is 49.3 Å². The van der Waals surface area contributed by atoms with Crippen LogP contribution in [0.1, 0.15) is 32.0 Å². The number of hydrogen-bond donors (Lipinski definition) is 1. The molecule has 1 N–H and O–H groups in total. The van der Waals surface area contributed by atoms with Gasteiger partial charge in [0.25, 0.3) is 0 Å². The number of aryl methyl sites for hydroxylation is 1. The molecule has 0 radical (unpaired) electrons. The molecule has 146 valence electrons. The minimum absolute atomic E-state index is 0. The number of nitrogens with one attached hydrogen (secondary N) is 1. The zero-order valence-corrected chi connectivity index (χ0v) is 18.1. The summed E-state index contributed by atoms with van der Waals surface area (Å²) in [6.45, 7) is 8.58. The van der Waals surface area contributed by atoms with Gasteiger partial charge in [0.15, 0.2) is 5.82 Å². The average molecular weight is 437 g/mol. The molecule has 0 saturated heterocycles. The Bertz CT molecular complexity index is 1200. The molecule has 0 spiro atoms. The molecule has 0 saturated carbocycles. The van der Waals surface area contributed by atoms with E-state index in [0.29, 0.717) is 10.0 Å². The van der Waals surface area contributed by atoms with E-state index in [0.717, 1.165) is 44.9 Å². The van der Waals surface area contributed by atoms with Gasteiger partial charge in [-0.15, -0.1) is 0 Å². The third-order valence-corrected chi connectivity index (χ3v) is 5.58. The van der Waals surface area contributed by atoms with Crippen LogP contribution in [0.5, 0.6) is 0 Å². The molecule has 0 aliphatic rings. The third-order valence-electron chi connectivity index (χ3n) is 4.95. The average Bonchev–Trinajstić information content (AvgIpc) is 3.15. The van der Waals surface area contributed by atoms with Gasteiger partial charge in [0, 0.05) is 28.6 Å². The van der Waals surface area contributed by atoms with Crippen molar-refractivity contribution in [1.29, 1.82) is 0 Å². The summed E-state index contributed by atoms with van der Waals surface area (Å²) in [5.74, 6) is 0.760. The van der Waals surface area contributed by atoms with Crippen molar-refractivity contribution < 1.29 is 0 Å². The second-order valence-electron chi connectivity index (χ2n) is 8.11. The summed E-state index contributed by atoms with van der Waals surface area (Å²) in [5, 5.41) is 6.03. The van der Waals surface area contributed by atoms with E-state index >= 15 is 0 Å². The van der Waals surface area contributed by atoms with Gasteiger partial charge in [-0.1, -0.05) is 62.2 Å². The summed E-state index contributed by atoms with van der Waals surface area (Å²) in [5.41, 5.74) is 6.60. The monoisotopic (exact) mass is 436 g/mol. The second-order valence-corrected chi connectivity index (χ2v) is 8.93. The first-order valence-electron chi connectivity index (χ1n) is 9.15. The SMILES string of the molecule is Cc1c(C(C)(C)C)nn(C)c1-c1nc2cc(-c3ccccc3Cl)cc(Cl)c2[nH]1.[NaH]. The molecule has 0 unspecified atom stereocenters. The van der Waals surface area contributed by atoms with Crippen LogP contribution >= 0.6 is 23.2 Å². The van der Waals surface area contributed by atoms with E-state index in [1.807, 2.05) is 48.1 Å². The number of fused-ring (bicyclic) bond motifs is 1. The molecule has 2 aromatic carbocycles. The normalized spacial score (nSPS) is 11.7. The Balaban J connectivity index is 0.00000240. The molecule has 4 nitrogen and oxygen atoms in total. The van der Waals surface area contributed by atoms with Crippen molar-refractivity contribution in [3.63, 3.8) is 0 Å². The van der Waals surface area contributed by atoms with Crippen LogP contribution in [0, 0.1) is 6.92 Å². The Hall–Kier alpha value is -1.30. The van der Waals surface area contributed by atoms with Crippen molar-refractivity contribution in [3.8, 4) is 22.6 Å². The number of imidazole rings is 1. The molecule has 7 heteroatoms. The molecule has 4 rings (SSSR count). The van der Waals surface area contributed by atoms with Gasteiger partial charge in [0.05, 0.1) is 21.7 Å². The summed E-state index contributed by atoms with van der Waals surface area (Å²) in [6, 6.07) is 11.7. The number of benzene rings is 2. The van der Waals surface area contributed by atoms with Gasteiger partial charge >= 0.3 is 29.6 Å². The van der Waals surface area contributed by atoms with Crippen LogP contribution in [0.2, 0.25) is 10.0 Å². The standard InChI is InChI=1S/C22H22Cl2N4.Na.H/c1-12-19(28(5)27-20(12)22(2,3)4)21-25-17-11-13(10-16(24)18(17)26-21)14-8-6-7-9-15(14)23;;/h6-11H,1-5H3,(H,25,26);;. The third kappa shape index (κ3) is 4.01. The Morgan fingerprint density at radius 2 is 1.72 bits per heavy atom. The summed E-state index contributed by atoms with van der Waals surface area (Å²) in [7, 11) is 1.95. The molecule has 2 aromatic heterocycles. The molecule has 0 fully saturated rings. The Morgan fingerprint density at radius 3 is 2.34 bits per heavy atom. The summed E-state index contributed by atoms with van der Waals surface area (Å²) < 4.78 is 1.89. The van der Waals surface area contributed by atoms with Gasteiger partial charge in [-0.2, -0.15) is 5.10 Å². The van der Waals surface area contributed by atoms with Crippen LogP contribution in [0.15, 0.2) is 36.4 Å². The zero-order valence-electron chi connectivity index (χ0n) is 16.6. The van der Waals surface area contributed by atoms with Crippen LogP contribution in [0.25, 0.3) is 33.7 Å². The molecular weight excluding hydrogens is 414 g/mol. The van der Waals surface area contributed by atoms with Crippen molar-refractivity contribution in [3.05, 3.63) is 57.7 Å². The van der Waals surface area contributed by atoms with Gasteiger partial charge in [-0.25, -0.2) is 4.98 Å². The topological polar surface area (TPSA) is 46.5 Å². The first-order chi connectivity index (χ1) is 13.2. The van der Waals surface area contributed by atoms with Crippen LogP contribution in [-0.2, 0) is 12.5 Å². The van der Waals surface area contributed by atoms with Crippen LogP contribution in [0.3, 0.4) is 0 Å². The summed E-state index contributed by atoms with van der Waals surface area (Å²) in [6.07, 6.45) is 0. The molecular formula is C22H23Cl2N4Na. The van der Waals surface area contributed by atoms with Crippen molar-refractivity contribution in [2.24, 2.45) is 7.05 Å². The number of aromatic nitrogens is 4. The molecule has 0 atom stereocenters. The van der Waals surface area contributed by atoms with Gasteiger partial charge in [0.2, 0.25) is 0 Å². The van der Waals surface area contributed by atoms with Crippen LogP contribution < -0.4 is 0 Å². The fraction of sp³-hybridized carbons (Fsp3) is 0.273. The van der Waals surface area contributed by atoms with E-state index in [-0.39, 0.29) is 35.0 Å². The Labute approximate surface area is 202 Å². The van der Waals surface area contributed by atoms with E-state index < -0.39 is 0 Å². The number of aromatic amines is 1. The van der Waals surface area contributed by atoms with E-state index in [4.69, 9.17) is 33.3 Å². The van der Waals surface area contributed by atoms with Gasteiger partial charge in [0.1, 0.15) is 5.69 Å². The predicted octanol–water partition coefficient (Wildman–Crippen LogP) is 5.89. The van der Waals surface area contributed by atoms with Gasteiger partial charge < -0.3 is 4.98 Å². The van der Waals surface area contributed by atoms with Crippen molar-refractivity contribution in [2.75, 3.05) is 0 Å². The van der Waals surface area contributed by atoms with Crippen molar-refractivity contribution >= 4 is 63.8 Å². The van der Waals surface area contributed by atoms with E-state index in [9.17, 15) is 0 Å². The van der Waals surface area contributed by atoms with Crippen molar-refractivity contribution in [1.82, 2.24) is 19.7 Å². The number of halogens is 2.